The highest BCUT2D eigenvalue weighted by atomic mass is 19.1. The van der Waals surface area contributed by atoms with Crippen molar-refractivity contribution in [2.24, 2.45) is 0 Å². The average Bonchev–Trinajstić information content (AvgIpc) is 3.49. The Morgan fingerprint density at radius 3 is 2.51 bits per heavy atom. The molecule has 5 rings (SSSR count). The third-order valence-corrected chi connectivity index (χ3v) is 7.81. The molecule has 1 unspecified atom stereocenters. The number of aromatic nitrogens is 1. The van der Waals surface area contributed by atoms with E-state index in [1.54, 1.807) is 35.5 Å². The minimum Gasteiger partial charge on any atom is -0.340 e. The lowest BCUT2D eigenvalue weighted by atomic mass is 9.75. The molecule has 1 aliphatic carbocycles. The maximum Gasteiger partial charge on any atom is 0.241 e. The molecule has 1 aromatic heterocycles. The van der Waals surface area contributed by atoms with E-state index >= 15 is 0 Å². The molecule has 0 N–H and O–H groups in total. The number of carbonyl (C=O) groups excluding carboxylic acids is 3. The molecule has 2 aromatic rings. The Morgan fingerprint density at radius 2 is 1.83 bits per heavy atom. The molecule has 0 bridgehead atoms. The van der Waals surface area contributed by atoms with Crippen LogP contribution >= 0.6 is 0 Å². The third kappa shape index (κ3) is 4.72. The molecule has 3 fully saturated rings. The number of halogens is 1. The first-order chi connectivity index (χ1) is 17.0. The summed E-state index contributed by atoms with van der Waals surface area (Å²) in [5.41, 5.74) is -0.304. The van der Waals surface area contributed by atoms with Crippen LogP contribution in [0, 0.1) is 5.82 Å². The minimum absolute atomic E-state index is 0.0802. The zero-order chi connectivity index (χ0) is 24.4. The summed E-state index contributed by atoms with van der Waals surface area (Å²) in [4.78, 5) is 49.9. The second-order valence-corrected chi connectivity index (χ2v) is 9.95. The number of likely N-dealkylation sites (tertiary alicyclic amines) is 1. The fourth-order valence-corrected chi connectivity index (χ4v) is 5.86. The normalized spacial score (nSPS) is 23.9. The van der Waals surface area contributed by atoms with Crippen molar-refractivity contribution < 1.29 is 18.8 Å². The summed E-state index contributed by atoms with van der Waals surface area (Å²) in [5, 5.41) is 0. The Bertz CT molecular complexity index is 1100. The van der Waals surface area contributed by atoms with E-state index in [9.17, 15) is 18.8 Å². The maximum absolute atomic E-state index is 14.2. The molecule has 2 saturated heterocycles. The van der Waals surface area contributed by atoms with Gasteiger partial charge in [0.2, 0.25) is 17.7 Å². The van der Waals surface area contributed by atoms with Gasteiger partial charge >= 0.3 is 0 Å². The molecule has 2 aliphatic heterocycles. The topological polar surface area (TPSA) is 73.8 Å². The van der Waals surface area contributed by atoms with E-state index in [4.69, 9.17) is 0 Å². The Hall–Kier alpha value is -3.13. The number of piperazine rings is 1. The van der Waals surface area contributed by atoms with Gasteiger partial charge in [-0.2, -0.15) is 0 Å². The molecule has 7 nitrogen and oxygen atoms in total. The van der Waals surface area contributed by atoms with Crippen molar-refractivity contribution in [2.45, 2.75) is 56.5 Å². The van der Waals surface area contributed by atoms with Crippen LogP contribution in [0.4, 0.5) is 4.39 Å². The lowest BCUT2D eigenvalue weighted by molar-refractivity contribution is -0.143. The van der Waals surface area contributed by atoms with Crippen molar-refractivity contribution in [3.8, 4) is 0 Å². The van der Waals surface area contributed by atoms with Gasteiger partial charge in [0, 0.05) is 57.5 Å². The molecule has 3 amide bonds. The molecule has 184 valence electrons. The van der Waals surface area contributed by atoms with Crippen LogP contribution < -0.4 is 0 Å². The molecule has 0 radical (unpaired) electrons. The van der Waals surface area contributed by atoms with Crippen LogP contribution in [0.15, 0.2) is 48.8 Å². The molecule has 8 heteroatoms. The Labute approximate surface area is 204 Å². The third-order valence-electron chi connectivity index (χ3n) is 7.81. The molecular formula is C27H31FN4O3. The number of rotatable bonds is 6. The van der Waals surface area contributed by atoms with Crippen molar-refractivity contribution in [3.05, 3.63) is 65.7 Å². The van der Waals surface area contributed by atoms with Crippen LogP contribution in [0.5, 0.6) is 0 Å². The highest BCUT2D eigenvalue weighted by Crippen LogP contribution is 2.41. The fourth-order valence-electron chi connectivity index (χ4n) is 5.86. The van der Waals surface area contributed by atoms with E-state index in [0.29, 0.717) is 24.7 Å². The Balaban J connectivity index is 1.36. The van der Waals surface area contributed by atoms with Gasteiger partial charge in [0.25, 0.3) is 0 Å². The van der Waals surface area contributed by atoms with E-state index in [1.165, 1.54) is 48.8 Å². The molecule has 1 aromatic carbocycles. The fraction of sp³-hybridized carbons (Fsp3) is 0.481. The van der Waals surface area contributed by atoms with Gasteiger partial charge in [-0.3, -0.25) is 29.2 Å². The van der Waals surface area contributed by atoms with Crippen molar-refractivity contribution in [2.75, 3.05) is 26.2 Å². The highest BCUT2D eigenvalue weighted by Gasteiger charge is 2.54. The molecule has 3 heterocycles. The van der Waals surface area contributed by atoms with Crippen molar-refractivity contribution >= 4 is 17.7 Å². The van der Waals surface area contributed by atoms with Gasteiger partial charge < -0.3 is 4.90 Å². The van der Waals surface area contributed by atoms with Gasteiger partial charge in [-0.25, -0.2) is 4.39 Å². The summed E-state index contributed by atoms with van der Waals surface area (Å²) in [7, 11) is 0. The van der Waals surface area contributed by atoms with E-state index in [-0.39, 0.29) is 31.2 Å². The Kier molecular flexibility index (Phi) is 6.65. The number of hydrogen-bond acceptors (Lipinski definition) is 5. The number of pyridine rings is 1. The van der Waals surface area contributed by atoms with Gasteiger partial charge in [-0.1, -0.05) is 31.0 Å². The predicted octanol–water partition coefficient (Wildman–Crippen LogP) is 2.89. The molecule has 3 aliphatic rings. The number of nitrogens with zero attached hydrogens (tertiary/aromatic N) is 4. The second-order valence-electron chi connectivity index (χ2n) is 9.95. The SMILES string of the molecule is O=C(CC1(c2cccc(F)c2)CC(=O)N(Cc2cccnc2)C1=O)N1CCN(C2CCCC2)CC1. The predicted molar refractivity (Wildman–Crippen MR) is 128 cm³/mol. The zero-order valence-corrected chi connectivity index (χ0v) is 19.9. The number of carbonyl (C=O) groups is 3. The van der Waals surface area contributed by atoms with Crippen LogP contribution in [-0.4, -0.2) is 69.6 Å². The highest BCUT2D eigenvalue weighted by molar-refractivity contribution is 6.10. The standard InChI is InChI=1S/C27H31FN4O3/c28-22-7-3-6-21(15-22)27(17-25(34)32(26(27)35)19-20-5-4-10-29-18-20)16-24(33)31-13-11-30(12-14-31)23-8-1-2-9-23/h3-7,10,15,18,23H,1-2,8-9,11-14,16-17,19H2. The summed E-state index contributed by atoms with van der Waals surface area (Å²) in [6.45, 7) is 2.94. The maximum atomic E-state index is 14.2. The summed E-state index contributed by atoms with van der Waals surface area (Å²) >= 11 is 0. The lowest BCUT2D eigenvalue weighted by Gasteiger charge is -2.39. The van der Waals surface area contributed by atoms with Gasteiger partial charge in [-0.15, -0.1) is 0 Å². The van der Waals surface area contributed by atoms with E-state index in [1.807, 2.05) is 0 Å². The zero-order valence-electron chi connectivity index (χ0n) is 19.9. The van der Waals surface area contributed by atoms with Crippen LogP contribution in [-0.2, 0) is 26.3 Å². The first-order valence-corrected chi connectivity index (χ1v) is 12.5. The van der Waals surface area contributed by atoms with Crippen LogP contribution in [0.3, 0.4) is 0 Å². The summed E-state index contributed by atoms with van der Waals surface area (Å²) in [6.07, 6.45) is 7.92. The summed E-state index contributed by atoms with van der Waals surface area (Å²) in [5.74, 6) is -1.47. The van der Waals surface area contributed by atoms with Crippen molar-refractivity contribution in [3.63, 3.8) is 0 Å². The average molecular weight is 479 g/mol. The first kappa shape index (κ1) is 23.6. The molecule has 1 saturated carbocycles. The van der Waals surface area contributed by atoms with Gasteiger partial charge in [-0.05, 0) is 42.2 Å². The van der Waals surface area contributed by atoms with Crippen molar-refractivity contribution in [1.82, 2.24) is 19.7 Å². The van der Waals surface area contributed by atoms with Crippen LogP contribution in [0.25, 0.3) is 0 Å². The molecule has 35 heavy (non-hydrogen) atoms. The van der Waals surface area contributed by atoms with E-state index in [0.717, 1.165) is 18.7 Å². The number of imide groups is 1. The quantitative estimate of drug-likeness (QED) is 0.597. The van der Waals surface area contributed by atoms with E-state index in [2.05, 4.69) is 9.88 Å². The minimum atomic E-state index is -1.40. The van der Waals surface area contributed by atoms with E-state index < -0.39 is 17.1 Å². The lowest BCUT2D eigenvalue weighted by Crippen LogP contribution is -2.53. The number of benzene rings is 1. The molecular weight excluding hydrogens is 447 g/mol. The summed E-state index contributed by atoms with van der Waals surface area (Å²) in [6, 6.07) is 9.91. The van der Waals surface area contributed by atoms with Gasteiger partial charge in [0.1, 0.15) is 5.82 Å². The first-order valence-electron chi connectivity index (χ1n) is 12.5. The number of amides is 3. The summed E-state index contributed by atoms with van der Waals surface area (Å²) < 4.78 is 14.2. The molecule has 1 atom stereocenters. The van der Waals surface area contributed by atoms with Crippen molar-refractivity contribution in [1.29, 1.82) is 0 Å². The van der Waals surface area contributed by atoms with Crippen LogP contribution in [0.2, 0.25) is 0 Å². The van der Waals surface area contributed by atoms with Crippen LogP contribution in [0.1, 0.15) is 49.7 Å². The molecule has 0 spiro atoms. The Morgan fingerprint density at radius 1 is 1.06 bits per heavy atom. The largest absolute Gasteiger partial charge is 0.340 e. The number of hydrogen-bond donors (Lipinski definition) is 0. The monoisotopic (exact) mass is 478 g/mol. The second kappa shape index (κ2) is 9.85. The van der Waals surface area contributed by atoms with Gasteiger partial charge in [0.05, 0.1) is 12.0 Å². The smallest absolute Gasteiger partial charge is 0.241 e. The van der Waals surface area contributed by atoms with Gasteiger partial charge in [0.15, 0.2) is 0 Å².